The van der Waals surface area contributed by atoms with Gasteiger partial charge in [-0.25, -0.2) is 17.8 Å². The SMILES string of the molecule is Cc1cc(C(F)(F)F)nn1CC(C)CNS(=O)(=O)c1cnn(C(F)F)c1C. The highest BCUT2D eigenvalue weighted by molar-refractivity contribution is 7.89. The fourth-order valence-corrected chi connectivity index (χ4v) is 3.72. The van der Waals surface area contributed by atoms with Crippen molar-refractivity contribution in [3.05, 3.63) is 29.3 Å². The highest BCUT2D eigenvalue weighted by atomic mass is 32.2. The molecule has 27 heavy (non-hydrogen) atoms. The molecule has 0 aliphatic carbocycles. The molecule has 2 heterocycles. The van der Waals surface area contributed by atoms with Crippen LogP contribution in [0, 0.1) is 19.8 Å². The molecule has 0 aromatic carbocycles. The number of hydrogen-bond donors (Lipinski definition) is 1. The minimum absolute atomic E-state index is 0.0414. The zero-order valence-electron chi connectivity index (χ0n) is 14.6. The van der Waals surface area contributed by atoms with Gasteiger partial charge in [0.15, 0.2) is 5.69 Å². The maximum absolute atomic E-state index is 12.7. The van der Waals surface area contributed by atoms with Gasteiger partial charge in [0.1, 0.15) is 4.90 Å². The molecule has 0 aliphatic heterocycles. The molecule has 1 atom stereocenters. The molecule has 1 unspecified atom stereocenters. The summed E-state index contributed by atoms with van der Waals surface area (Å²) < 4.78 is 91.7. The number of rotatable bonds is 7. The fraction of sp³-hybridized carbons (Fsp3) is 0.571. The van der Waals surface area contributed by atoms with Crippen molar-refractivity contribution in [3.63, 3.8) is 0 Å². The van der Waals surface area contributed by atoms with E-state index in [0.717, 1.165) is 16.9 Å². The molecule has 0 aliphatic rings. The Morgan fingerprint density at radius 3 is 2.37 bits per heavy atom. The van der Waals surface area contributed by atoms with E-state index in [9.17, 15) is 30.4 Å². The summed E-state index contributed by atoms with van der Waals surface area (Å²) in [6.07, 6.45) is -3.75. The molecule has 0 spiro atoms. The van der Waals surface area contributed by atoms with Crippen molar-refractivity contribution in [2.75, 3.05) is 6.54 Å². The molecule has 0 fully saturated rings. The lowest BCUT2D eigenvalue weighted by atomic mass is 10.2. The second-order valence-electron chi connectivity index (χ2n) is 6.12. The number of hydrogen-bond acceptors (Lipinski definition) is 4. The third-order valence-corrected chi connectivity index (χ3v) is 5.38. The lowest BCUT2D eigenvalue weighted by Gasteiger charge is -2.14. The van der Waals surface area contributed by atoms with E-state index in [-0.39, 0.29) is 34.1 Å². The van der Waals surface area contributed by atoms with E-state index in [1.165, 1.54) is 13.8 Å². The third-order valence-electron chi connectivity index (χ3n) is 3.85. The Bertz CT molecular complexity index is 904. The van der Waals surface area contributed by atoms with Crippen LogP contribution >= 0.6 is 0 Å². The van der Waals surface area contributed by atoms with Crippen LogP contribution in [0.3, 0.4) is 0 Å². The molecular weight excluding hydrogens is 397 g/mol. The van der Waals surface area contributed by atoms with Gasteiger partial charge in [-0.3, -0.25) is 4.68 Å². The molecule has 0 saturated heterocycles. The van der Waals surface area contributed by atoms with E-state index < -0.39 is 34.4 Å². The Morgan fingerprint density at radius 1 is 1.26 bits per heavy atom. The monoisotopic (exact) mass is 415 g/mol. The van der Waals surface area contributed by atoms with Gasteiger partial charge in [-0.05, 0) is 25.8 Å². The van der Waals surface area contributed by atoms with E-state index in [0.29, 0.717) is 0 Å². The average molecular weight is 415 g/mol. The molecular formula is C14H18F5N5O2S. The molecule has 7 nitrogen and oxygen atoms in total. The molecule has 2 aromatic rings. The normalized spacial score (nSPS) is 14.1. The van der Waals surface area contributed by atoms with Crippen molar-refractivity contribution in [2.45, 2.75) is 44.9 Å². The number of aromatic nitrogens is 4. The van der Waals surface area contributed by atoms with Crippen LogP contribution in [0.5, 0.6) is 0 Å². The van der Waals surface area contributed by atoms with E-state index in [4.69, 9.17) is 0 Å². The lowest BCUT2D eigenvalue weighted by Crippen LogP contribution is -2.30. The molecule has 13 heteroatoms. The average Bonchev–Trinajstić information content (AvgIpc) is 3.09. The summed E-state index contributed by atoms with van der Waals surface area (Å²) in [5.74, 6) is -0.412. The third kappa shape index (κ3) is 4.83. The van der Waals surface area contributed by atoms with Gasteiger partial charge < -0.3 is 0 Å². The summed E-state index contributed by atoms with van der Waals surface area (Å²) >= 11 is 0. The van der Waals surface area contributed by atoms with E-state index in [2.05, 4.69) is 14.9 Å². The number of aryl methyl sites for hydroxylation is 1. The Morgan fingerprint density at radius 2 is 1.89 bits per heavy atom. The van der Waals surface area contributed by atoms with Crippen molar-refractivity contribution in [3.8, 4) is 0 Å². The van der Waals surface area contributed by atoms with Gasteiger partial charge in [-0.1, -0.05) is 6.92 Å². The van der Waals surface area contributed by atoms with Crippen molar-refractivity contribution in [1.82, 2.24) is 24.3 Å². The number of halogens is 5. The number of nitrogens with one attached hydrogen (secondary N) is 1. The van der Waals surface area contributed by atoms with Crippen LogP contribution in [0.2, 0.25) is 0 Å². The van der Waals surface area contributed by atoms with Gasteiger partial charge in [0.25, 0.3) is 0 Å². The minimum atomic E-state index is -4.57. The van der Waals surface area contributed by atoms with E-state index in [1.807, 2.05) is 0 Å². The second kappa shape index (κ2) is 7.54. The number of alkyl halides is 5. The molecule has 1 N–H and O–H groups in total. The quantitative estimate of drug-likeness (QED) is 0.705. The molecule has 0 saturated carbocycles. The first-order chi connectivity index (χ1) is 12.3. The standard InChI is InChI=1S/C14H18F5N5O2S/c1-8(7-23-9(2)4-12(22-23)14(17,18)19)5-21-27(25,26)11-6-20-24(10(11)3)13(15)16/h4,6,8,13,21H,5,7H2,1-3H3. The topological polar surface area (TPSA) is 81.8 Å². The van der Waals surface area contributed by atoms with Gasteiger partial charge >= 0.3 is 12.7 Å². The molecule has 0 radical (unpaired) electrons. The maximum Gasteiger partial charge on any atom is 0.435 e. The van der Waals surface area contributed by atoms with Gasteiger partial charge in [-0.15, -0.1) is 0 Å². The van der Waals surface area contributed by atoms with Crippen LogP contribution in [-0.2, 0) is 22.7 Å². The van der Waals surface area contributed by atoms with Crippen molar-refractivity contribution < 1.29 is 30.4 Å². The number of nitrogens with zero attached hydrogens (tertiary/aromatic N) is 4. The molecule has 2 aromatic heterocycles. The smallest absolute Gasteiger partial charge is 0.269 e. The molecule has 0 bridgehead atoms. The van der Waals surface area contributed by atoms with Crippen LogP contribution in [-0.4, -0.2) is 34.5 Å². The van der Waals surface area contributed by atoms with Crippen molar-refractivity contribution in [2.24, 2.45) is 5.92 Å². The van der Waals surface area contributed by atoms with Crippen LogP contribution in [0.15, 0.2) is 17.2 Å². The van der Waals surface area contributed by atoms with Gasteiger partial charge in [-0.2, -0.15) is 32.1 Å². The summed E-state index contributed by atoms with van der Waals surface area (Å²) in [5.41, 5.74) is -0.961. The molecule has 0 amide bonds. The van der Waals surface area contributed by atoms with Crippen LogP contribution < -0.4 is 4.72 Å². The fourth-order valence-electron chi connectivity index (χ4n) is 2.39. The van der Waals surface area contributed by atoms with Crippen molar-refractivity contribution >= 4 is 10.0 Å². The Balaban J connectivity index is 2.05. The largest absolute Gasteiger partial charge is 0.435 e. The van der Waals surface area contributed by atoms with Gasteiger partial charge in [0.05, 0.1) is 11.9 Å². The maximum atomic E-state index is 12.7. The lowest BCUT2D eigenvalue weighted by molar-refractivity contribution is -0.141. The summed E-state index contributed by atoms with van der Waals surface area (Å²) in [7, 11) is -4.10. The highest BCUT2D eigenvalue weighted by Gasteiger charge is 2.34. The van der Waals surface area contributed by atoms with Crippen LogP contribution in [0.1, 0.15) is 30.6 Å². The van der Waals surface area contributed by atoms with Crippen LogP contribution in [0.4, 0.5) is 22.0 Å². The minimum Gasteiger partial charge on any atom is -0.269 e. The second-order valence-corrected chi connectivity index (χ2v) is 7.86. The van der Waals surface area contributed by atoms with Crippen LogP contribution in [0.25, 0.3) is 0 Å². The molecule has 152 valence electrons. The highest BCUT2D eigenvalue weighted by Crippen LogP contribution is 2.28. The predicted molar refractivity (Wildman–Crippen MR) is 84.5 cm³/mol. The summed E-state index contributed by atoms with van der Waals surface area (Å²) in [5, 5.41) is 6.82. The van der Waals surface area contributed by atoms with E-state index in [1.54, 1.807) is 6.92 Å². The zero-order valence-corrected chi connectivity index (χ0v) is 15.4. The Kier molecular flexibility index (Phi) is 5.94. The zero-order chi connectivity index (χ0) is 20.6. The summed E-state index contributed by atoms with van der Waals surface area (Å²) in [6, 6.07) is 0.902. The van der Waals surface area contributed by atoms with Gasteiger partial charge in [0, 0.05) is 18.8 Å². The van der Waals surface area contributed by atoms with E-state index >= 15 is 0 Å². The first-order valence-electron chi connectivity index (χ1n) is 7.76. The molecule has 2 rings (SSSR count). The Hall–Kier alpha value is -2.02. The summed E-state index contributed by atoms with van der Waals surface area (Å²) in [6.45, 7) is 1.22. The van der Waals surface area contributed by atoms with Gasteiger partial charge in [0.2, 0.25) is 10.0 Å². The van der Waals surface area contributed by atoms with Crippen molar-refractivity contribution in [1.29, 1.82) is 0 Å². The predicted octanol–water partition coefficient (Wildman–Crippen LogP) is 2.72. The first kappa shape index (κ1) is 21.3. The Labute approximate surface area is 152 Å². The first-order valence-corrected chi connectivity index (χ1v) is 9.24. The number of sulfonamides is 1. The summed E-state index contributed by atoms with van der Waals surface area (Å²) in [4.78, 5) is -0.385.